The molecule has 22 heavy (non-hydrogen) atoms. The molecule has 0 aliphatic rings. The minimum atomic E-state index is -0.430. The lowest BCUT2D eigenvalue weighted by Gasteiger charge is -2.06. The largest absolute Gasteiger partial charge is 0.283 e. The third-order valence-corrected chi connectivity index (χ3v) is 3.13. The first-order valence-corrected chi connectivity index (χ1v) is 6.61. The quantitative estimate of drug-likeness (QED) is 0.788. The maximum atomic E-state index is 13.0. The molecule has 1 aromatic carbocycles. The molecule has 2 heterocycles. The van der Waals surface area contributed by atoms with Gasteiger partial charge in [0.25, 0.3) is 5.56 Å². The zero-order valence-electron chi connectivity index (χ0n) is 11.7. The van der Waals surface area contributed by atoms with Crippen molar-refractivity contribution in [1.29, 1.82) is 0 Å². The Kier molecular flexibility index (Phi) is 3.42. The molecule has 0 saturated carbocycles. The summed E-state index contributed by atoms with van der Waals surface area (Å²) in [7, 11) is 0. The Hall–Kier alpha value is -3.03. The molecule has 0 radical (unpaired) electrons. The molecule has 0 fully saturated rings. The van der Waals surface area contributed by atoms with Crippen LogP contribution in [0.3, 0.4) is 0 Å². The number of nitrogens with zero attached hydrogens (tertiary/aromatic N) is 4. The Balaban J connectivity index is 2.09. The number of hydrogen-bond donors (Lipinski definition) is 1. The lowest BCUT2D eigenvalue weighted by molar-refractivity contribution is -0.116. The molecule has 0 aliphatic heterocycles. The molecule has 112 valence electrons. The summed E-state index contributed by atoms with van der Waals surface area (Å²) >= 11 is 0. The van der Waals surface area contributed by atoms with Crippen molar-refractivity contribution in [3.8, 4) is 5.69 Å². The van der Waals surface area contributed by atoms with Gasteiger partial charge in [0.15, 0.2) is 5.65 Å². The number of halogens is 1. The van der Waals surface area contributed by atoms with Crippen LogP contribution in [-0.4, -0.2) is 25.3 Å². The molecule has 8 heteroatoms. The van der Waals surface area contributed by atoms with E-state index < -0.39 is 5.56 Å². The van der Waals surface area contributed by atoms with E-state index in [1.165, 1.54) is 41.5 Å². The van der Waals surface area contributed by atoms with Crippen molar-refractivity contribution in [3.05, 3.63) is 53.0 Å². The minimum absolute atomic E-state index is 0.249. The molecule has 0 atom stereocenters. The Labute approximate surface area is 124 Å². The number of nitrogens with one attached hydrogen (secondary N) is 1. The van der Waals surface area contributed by atoms with E-state index in [2.05, 4.69) is 15.5 Å². The van der Waals surface area contributed by atoms with Crippen LogP contribution >= 0.6 is 0 Å². The zero-order valence-corrected chi connectivity index (χ0v) is 11.7. The number of carbonyl (C=O) groups is 1. The van der Waals surface area contributed by atoms with Gasteiger partial charge in [0.05, 0.1) is 11.9 Å². The normalized spacial score (nSPS) is 10.8. The van der Waals surface area contributed by atoms with Gasteiger partial charge in [-0.15, -0.1) is 0 Å². The van der Waals surface area contributed by atoms with Crippen molar-refractivity contribution in [3.63, 3.8) is 0 Å². The van der Waals surface area contributed by atoms with E-state index in [1.54, 1.807) is 6.92 Å². The molecule has 3 aromatic rings. The van der Waals surface area contributed by atoms with Crippen LogP contribution in [0.25, 0.3) is 16.7 Å². The summed E-state index contributed by atoms with van der Waals surface area (Å²) in [6.07, 6.45) is 2.84. The smallest absolute Gasteiger partial charge is 0.273 e. The summed E-state index contributed by atoms with van der Waals surface area (Å²) in [4.78, 5) is 27.8. The lowest BCUT2D eigenvalue weighted by atomic mass is 10.3. The van der Waals surface area contributed by atoms with Crippen molar-refractivity contribution >= 4 is 16.9 Å². The van der Waals surface area contributed by atoms with E-state index in [0.29, 0.717) is 11.3 Å². The van der Waals surface area contributed by atoms with Crippen molar-refractivity contribution in [2.45, 2.75) is 13.3 Å². The van der Waals surface area contributed by atoms with Crippen LogP contribution in [0.5, 0.6) is 0 Å². The van der Waals surface area contributed by atoms with E-state index >= 15 is 0 Å². The van der Waals surface area contributed by atoms with Crippen molar-refractivity contribution in [1.82, 2.24) is 19.4 Å². The Morgan fingerprint density at radius 2 is 2.05 bits per heavy atom. The third-order valence-electron chi connectivity index (χ3n) is 3.13. The first-order chi connectivity index (χ1) is 10.6. The van der Waals surface area contributed by atoms with Crippen LogP contribution in [0.4, 0.5) is 4.39 Å². The first kappa shape index (κ1) is 13.9. The van der Waals surface area contributed by atoms with Crippen molar-refractivity contribution in [2.24, 2.45) is 0 Å². The van der Waals surface area contributed by atoms with E-state index in [0.717, 1.165) is 4.68 Å². The Bertz CT molecular complexity index is 898. The predicted molar refractivity (Wildman–Crippen MR) is 77.7 cm³/mol. The molecule has 0 spiro atoms. The fraction of sp³-hybridized carbons (Fsp3) is 0.143. The van der Waals surface area contributed by atoms with Gasteiger partial charge >= 0.3 is 0 Å². The van der Waals surface area contributed by atoms with Gasteiger partial charge in [-0.1, -0.05) is 6.92 Å². The third kappa shape index (κ3) is 2.34. The second-order valence-electron chi connectivity index (χ2n) is 4.58. The monoisotopic (exact) mass is 301 g/mol. The molecule has 7 nitrogen and oxygen atoms in total. The first-order valence-electron chi connectivity index (χ1n) is 6.61. The predicted octanol–water partition coefficient (Wildman–Crippen LogP) is 1.20. The van der Waals surface area contributed by atoms with Gasteiger partial charge in [-0.2, -0.15) is 5.10 Å². The highest BCUT2D eigenvalue weighted by molar-refractivity contribution is 5.83. The summed E-state index contributed by atoms with van der Waals surface area (Å²) in [6.45, 7) is 1.68. The van der Waals surface area contributed by atoms with Crippen LogP contribution in [0.15, 0.2) is 41.6 Å². The number of hydrogen-bond acceptors (Lipinski definition) is 4. The Morgan fingerprint density at radius 1 is 1.32 bits per heavy atom. The van der Waals surface area contributed by atoms with Crippen LogP contribution in [0.1, 0.15) is 13.3 Å². The van der Waals surface area contributed by atoms with E-state index in [9.17, 15) is 14.0 Å². The van der Waals surface area contributed by atoms with E-state index in [-0.39, 0.29) is 23.5 Å². The van der Waals surface area contributed by atoms with Gasteiger partial charge in [-0.25, -0.2) is 18.7 Å². The number of fused-ring (bicyclic) bond motifs is 1. The molecule has 1 amide bonds. The molecule has 0 saturated heterocycles. The average molecular weight is 301 g/mol. The summed E-state index contributed by atoms with van der Waals surface area (Å²) in [5, 5.41) is 4.36. The molecule has 2 aromatic heterocycles. The SMILES string of the molecule is CCC(=O)Nn1cnc2c(cnn2-c2ccc(F)cc2)c1=O. The molecular weight excluding hydrogens is 289 g/mol. The summed E-state index contributed by atoms with van der Waals surface area (Å²) < 4.78 is 15.4. The second-order valence-corrected chi connectivity index (χ2v) is 4.58. The summed E-state index contributed by atoms with van der Waals surface area (Å²) in [5.74, 6) is -0.660. The standard InChI is InChI=1S/C14H12FN5O2/c1-2-12(21)18-19-8-16-13-11(14(19)22)7-17-20(13)10-5-3-9(15)4-6-10/h3-8H,2H2,1H3,(H,18,21). The number of aromatic nitrogens is 4. The lowest BCUT2D eigenvalue weighted by Crippen LogP contribution is -2.32. The van der Waals surface area contributed by atoms with Crippen molar-refractivity contribution < 1.29 is 9.18 Å². The number of amides is 1. The molecule has 0 unspecified atom stereocenters. The summed E-state index contributed by atoms with van der Waals surface area (Å²) in [6, 6.07) is 5.67. The zero-order chi connectivity index (χ0) is 15.7. The van der Waals surface area contributed by atoms with Gasteiger partial charge < -0.3 is 0 Å². The van der Waals surface area contributed by atoms with Crippen LogP contribution in [-0.2, 0) is 4.79 Å². The molecule has 0 bridgehead atoms. The highest BCUT2D eigenvalue weighted by atomic mass is 19.1. The molecule has 1 N–H and O–H groups in total. The molecular formula is C14H12FN5O2. The van der Waals surface area contributed by atoms with Crippen LogP contribution in [0, 0.1) is 5.82 Å². The number of rotatable bonds is 3. The Morgan fingerprint density at radius 3 is 2.73 bits per heavy atom. The van der Waals surface area contributed by atoms with Crippen LogP contribution < -0.4 is 11.0 Å². The fourth-order valence-corrected chi connectivity index (χ4v) is 1.98. The fourth-order valence-electron chi connectivity index (χ4n) is 1.98. The van der Waals surface area contributed by atoms with Gasteiger partial charge in [-0.3, -0.25) is 15.0 Å². The maximum Gasteiger partial charge on any atom is 0.283 e. The topological polar surface area (TPSA) is 81.8 Å². The summed E-state index contributed by atoms with van der Waals surface area (Å²) in [5.41, 5.74) is 2.91. The van der Waals surface area contributed by atoms with E-state index in [1.807, 2.05) is 0 Å². The van der Waals surface area contributed by atoms with Crippen LogP contribution in [0.2, 0.25) is 0 Å². The second kappa shape index (κ2) is 5.40. The number of carbonyl (C=O) groups excluding carboxylic acids is 1. The minimum Gasteiger partial charge on any atom is -0.273 e. The molecule has 3 rings (SSSR count). The average Bonchev–Trinajstić information content (AvgIpc) is 2.95. The van der Waals surface area contributed by atoms with E-state index in [4.69, 9.17) is 0 Å². The van der Waals surface area contributed by atoms with Crippen molar-refractivity contribution in [2.75, 3.05) is 5.43 Å². The highest BCUT2D eigenvalue weighted by Gasteiger charge is 2.12. The number of benzene rings is 1. The molecule has 0 aliphatic carbocycles. The van der Waals surface area contributed by atoms with Gasteiger partial charge in [0, 0.05) is 6.42 Å². The van der Waals surface area contributed by atoms with Gasteiger partial charge in [-0.05, 0) is 24.3 Å². The van der Waals surface area contributed by atoms with Gasteiger partial charge in [0.2, 0.25) is 5.91 Å². The van der Waals surface area contributed by atoms with Gasteiger partial charge in [0.1, 0.15) is 17.5 Å². The maximum absolute atomic E-state index is 13.0. The highest BCUT2D eigenvalue weighted by Crippen LogP contribution is 2.13.